The first-order valence-electron chi connectivity index (χ1n) is 13.0. The van der Waals surface area contributed by atoms with Crippen molar-refractivity contribution in [2.45, 2.75) is 112 Å². The van der Waals surface area contributed by atoms with Gasteiger partial charge in [0.25, 0.3) is 0 Å². The summed E-state index contributed by atoms with van der Waals surface area (Å²) in [5.41, 5.74) is 1.13. The van der Waals surface area contributed by atoms with Crippen LogP contribution in [0.5, 0.6) is 0 Å². The molecule has 198 valence electrons. The number of benzene rings is 1. The maximum Gasteiger partial charge on any atom is 0.408 e. The minimum absolute atomic E-state index is 0.150. The van der Waals surface area contributed by atoms with E-state index in [4.69, 9.17) is 4.74 Å². The van der Waals surface area contributed by atoms with Gasteiger partial charge in [-0.25, -0.2) is 4.79 Å². The van der Waals surface area contributed by atoms with Crippen LogP contribution in [0.1, 0.15) is 98.2 Å². The third-order valence-corrected chi connectivity index (χ3v) is 6.22. The minimum Gasteiger partial charge on any atom is -0.444 e. The van der Waals surface area contributed by atoms with Crippen molar-refractivity contribution in [3.63, 3.8) is 0 Å². The van der Waals surface area contributed by atoms with Crippen molar-refractivity contribution in [3.8, 4) is 0 Å². The molecule has 0 radical (unpaired) electrons. The molecule has 3 amide bonds. The van der Waals surface area contributed by atoms with Gasteiger partial charge in [-0.2, -0.15) is 0 Å². The molecule has 0 aliphatic heterocycles. The van der Waals surface area contributed by atoms with E-state index < -0.39 is 23.8 Å². The fourth-order valence-corrected chi connectivity index (χ4v) is 3.75. The predicted molar refractivity (Wildman–Crippen MR) is 141 cm³/mol. The Balaban J connectivity index is 3.48. The van der Waals surface area contributed by atoms with Crippen LogP contribution in [0, 0.1) is 12.8 Å². The van der Waals surface area contributed by atoms with E-state index in [2.05, 4.69) is 17.6 Å². The number of nitrogens with one attached hydrogen (secondary N) is 2. The lowest BCUT2D eigenvalue weighted by molar-refractivity contribution is -0.146. The Kier molecular flexibility index (Phi) is 12.3. The van der Waals surface area contributed by atoms with Crippen molar-refractivity contribution in [1.29, 1.82) is 0 Å². The van der Waals surface area contributed by atoms with Crippen LogP contribution >= 0.6 is 0 Å². The number of amides is 3. The Labute approximate surface area is 212 Å². The van der Waals surface area contributed by atoms with Crippen molar-refractivity contribution in [1.82, 2.24) is 15.5 Å². The predicted octanol–water partition coefficient (Wildman–Crippen LogP) is 5.52. The topological polar surface area (TPSA) is 87.7 Å². The molecule has 7 heteroatoms. The van der Waals surface area contributed by atoms with E-state index >= 15 is 0 Å². The van der Waals surface area contributed by atoms with Gasteiger partial charge < -0.3 is 20.3 Å². The van der Waals surface area contributed by atoms with Gasteiger partial charge >= 0.3 is 6.09 Å². The molecule has 0 bridgehead atoms. The van der Waals surface area contributed by atoms with E-state index in [1.54, 1.807) is 25.7 Å². The first-order valence-corrected chi connectivity index (χ1v) is 13.0. The molecule has 0 spiro atoms. The van der Waals surface area contributed by atoms with E-state index in [9.17, 15) is 14.4 Å². The molecule has 0 aliphatic rings. The lowest BCUT2D eigenvalue weighted by atomic mass is 9.94. The van der Waals surface area contributed by atoms with Crippen LogP contribution in [0.3, 0.4) is 0 Å². The lowest BCUT2D eigenvalue weighted by Crippen LogP contribution is -2.57. The molecule has 0 saturated heterocycles. The molecule has 35 heavy (non-hydrogen) atoms. The van der Waals surface area contributed by atoms with Gasteiger partial charge in [-0.05, 0) is 58.9 Å². The lowest BCUT2D eigenvalue weighted by Gasteiger charge is -2.39. The number of nitrogens with zero attached hydrogens (tertiary/aromatic N) is 1. The smallest absolute Gasteiger partial charge is 0.408 e. The summed E-state index contributed by atoms with van der Waals surface area (Å²) in [6.07, 6.45) is 2.52. The van der Waals surface area contributed by atoms with Crippen molar-refractivity contribution >= 4 is 17.9 Å². The molecule has 0 aromatic heterocycles. The highest BCUT2D eigenvalue weighted by molar-refractivity contribution is 5.92. The van der Waals surface area contributed by atoms with Crippen LogP contribution in [-0.4, -0.2) is 47.0 Å². The fourth-order valence-electron chi connectivity index (χ4n) is 3.75. The number of unbranched alkanes of at least 4 members (excludes halogenated alkanes) is 1. The molecule has 1 aromatic carbocycles. The molecule has 1 aromatic rings. The first-order chi connectivity index (χ1) is 16.4. The summed E-state index contributed by atoms with van der Waals surface area (Å²) < 4.78 is 5.45. The monoisotopic (exact) mass is 489 g/mol. The summed E-state index contributed by atoms with van der Waals surface area (Å²) in [6.45, 7) is 17.8. The number of carbonyl (C=O) groups excluding carboxylic acids is 3. The molecule has 4 atom stereocenters. The Morgan fingerprint density at radius 1 is 1.00 bits per heavy atom. The Hall–Kier alpha value is -2.57. The fraction of sp³-hybridized carbons (Fsp3) is 0.679. The van der Waals surface area contributed by atoms with Gasteiger partial charge in [-0.3, -0.25) is 9.59 Å². The highest BCUT2D eigenvalue weighted by Gasteiger charge is 2.39. The number of hydrogen-bond donors (Lipinski definition) is 2. The zero-order valence-electron chi connectivity index (χ0n) is 23.2. The highest BCUT2D eigenvalue weighted by Crippen LogP contribution is 2.28. The Morgan fingerprint density at radius 2 is 1.60 bits per heavy atom. The minimum atomic E-state index is -0.819. The molecule has 2 N–H and O–H groups in total. The maximum atomic E-state index is 14.1. The molecule has 4 unspecified atom stereocenters. The van der Waals surface area contributed by atoms with Crippen molar-refractivity contribution in [2.75, 3.05) is 6.54 Å². The second-order valence-electron chi connectivity index (χ2n) is 10.5. The summed E-state index contributed by atoms with van der Waals surface area (Å²) >= 11 is 0. The van der Waals surface area contributed by atoms with Gasteiger partial charge in [-0.1, -0.05) is 70.4 Å². The second kappa shape index (κ2) is 14.1. The van der Waals surface area contributed by atoms with Crippen molar-refractivity contribution in [2.24, 2.45) is 5.92 Å². The van der Waals surface area contributed by atoms with E-state index in [-0.39, 0.29) is 23.8 Å². The van der Waals surface area contributed by atoms with Gasteiger partial charge in [0.05, 0.1) is 0 Å². The van der Waals surface area contributed by atoms with Crippen LogP contribution in [0.25, 0.3) is 0 Å². The van der Waals surface area contributed by atoms with E-state index in [0.29, 0.717) is 19.4 Å². The van der Waals surface area contributed by atoms with E-state index in [1.165, 1.54) is 0 Å². The first kappa shape index (κ1) is 30.5. The molecule has 7 nitrogen and oxygen atoms in total. The van der Waals surface area contributed by atoms with Gasteiger partial charge in [-0.15, -0.1) is 0 Å². The van der Waals surface area contributed by atoms with Crippen LogP contribution in [0.2, 0.25) is 0 Å². The van der Waals surface area contributed by atoms with Crippen LogP contribution in [0.15, 0.2) is 24.3 Å². The van der Waals surface area contributed by atoms with E-state index in [1.807, 2.05) is 58.9 Å². The number of hydrogen-bond acceptors (Lipinski definition) is 4. The van der Waals surface area contributed by atoms with Crippen molar-refractivity contribution < 1.29 is 19.1 Å². The standard InChI is InChI=1S/C28H47N3O4/c1-10-13-18-29-25(32)24(22-16-14-19(4)15-17-22)31(21(6)12-3)26(33)23(20(5)11-2)30-27(34)35-28(7,8)9/h14-17,20-21,23-24H,10-13,18H2,1-9H3,(H,29,32)(H,30,34). The highest BCUT2D eigenvalue weighted by atomic mass is 16.6. The average Bonchev–Trinajstić information content (AvgIpc) is 2.79. The quantitative estimate of drug-likeness (QED) is 0.379. The van der Waals surface area contributed by atoms with Gasteiger partial charge in [0.2, 0.25) is 11.8 Å². The third-order valence-electron chi connectivity index (χ3n) is 6.22. The largest absolute Gasteiger partial charge is 0.444 e. The summed E-state index contributed by atoms with van der Waals surface area (Å²) in [6, 6.07) is 5.86. The molecular weight excluding hydrogens is 442 g/mol. The number of alkyl carbamates (subject to hydrolysis) is 1. The summed E-state index contributed by atoms with van der Waals surface area (Å²) in [5, 5.41) is 5.83. The molecule has 0 heterocycles. The summed E-state index contributed by atoms with van der Waals surface area (Å²) in [5.74, 6) is -0.643. The normalized spacial score (nSPS) is 14.9. The summed E-state index contributed by atoms with van der Waals surface area (Å²) in [4.78, 5) is 42.0. The van der Waals surface area contributed by atoms with Gasteiger partial charge in [0, 0.05) is 12.6 Å². The van der Waals surface area contributed by atoms with E-state index in [0.717, 1.165) is 24.0 Å². The third kappa shape index (κ3) is 9.54. The number of aryl methyl sites for hydroxylation is 1. The molecule has 0 aliphatic carbocycles. The zero-order chi connectivity index (χ0) is 26.8. The molecule has 0 saturated carbocycles. The average molecular weight is 490 g/mol. The van der Waals surface area contributed by atoms with Crippen LogP contribution in [-0.2, 0) is 14.3 Å². The van der Waals surface area contributed by atoms with Gasteiger partial charge in [0.1, 0.15) is 17.7 Å². The molecule has 1 rings (SSSR count). The number of carbonyl (C=O) groups is 3. The zero-order valence-corrected chi connectivity index (χ0v) is 23.2. The SMILES string of the molecule is CCCCNC(=O)C(c1ccc(C)cc1)N(C(=O)C(NC(=O)OC(C)(C)C)C(C)CC)C(C)CC. The summed E-state index contributed by atoms with van der Waals surface area (Å²) in [7, 11) is 0. The van der Waals surface area contributed by atoms with Crippen LogP contribution < -0.4 is 10.6 Å². The van der Waals surface area contributed by atoms with Crippen molar-refractivity contribution in [3.05, 3.63) is 35.4 Å². The molecule has 0 fully saturated rings. The van der Waals surface area contributed by atoms with Gasteiger partial charge in [0.15, 0.2) is 0 Å². The Bertz CT molecular complexity index is 816. The number of rotatable bonds is 12. The molecular formula is C28H47N3O4. The number of ether oxygens (including phenoxy) is 1. The Morgan fingerprint density at radius 3 is 2.09 bits per heavy atom. The second-order valence-corrected chi connectivity index (χ2v) is 10.5. The maximum absolute atomic E-state index is 14.1. The van der Waals surface area contributed by atoms with Crippen LogP contribution in [0.4, 0.5) is 4.79 Å².